The molecule has 0 aromatic heterocycles. The molecule has 1 aromatic carbocycles. The Balaban J connectivity index is 1.78. The van der Waals surface area contributed by atoms with Crippen LogP contribution in [0.1, 0.15) is 25.3 Å². The SMILES string of the molecule is C[C@@H](Cc1ccc(Cl)cc1)N(C)C(=O)NCC(=O)N1CCCC1. The number of nitrogens with zero attached hydrogens (tertiary/aromatic N) is 2. The first kappa shape index (κ1) is 17.6. The number of hydrogen-bond donors (Lipinski definition) is 1. The van der Waals surface area contributed by atoms with Gasteiger partial charge in [-0.3, -0.25) is 4.79 Å². The zero-order valence-electron chi connectivity index (χ0n) is 13.7. The first-order chi connectivity index (χ1) is 11.0. The van der Waals surface area contributed by atoms with E-state index in [0.717, 1.165) is 37.9 Å². The molecule has 1 fully saturated rings. The fourth-order valence-corrected chi connectivity index (χ4v) is 2.78. The van der Waals surface area contributed by atoms with Gasteiger partial charge in [0.05, 0.1) is 6.54 Å². The highest BCUT2D eigenvalue weighted by Crippen LogP contribution is 2.13. The molecule has 3 amide bonds. The molecule has 0 bridgehead atoms. The number of carbonyl (C=O) groups excluding carboxylic acids is 2. The number of halogens is 1. The summed E-state index contributed by atoms with van der Waals surface area (Å²) in [4.78, 5) is 27.6. The number of likely N-dealkylation sites (N-methyl/N-ethyl adjacent to an activating group) is 1. The summed E-state index contributed by atoms with van der Waals surface area (Å²) in [5.41, 5.74) is 1.12. The van der Waals surface area contributed by atoms with Gasteiger partial charge in [-0.25, -0.2) is 4.79 Å². The van der Waals surface area contributed by atoms with Gasteiger partial charge in [-0.05, 0) is 43.9 Å². The van der Waals surface area contributed by atoms with Gasteiger partial charge >= 0.3 is 6.03 Å². The lowest BCUT2D eigenvalue weighted by molar-refractivity contribution is -0.129. The summed E-state index contributed by atoms with van der Waals surface area (Å²) in [7, 11) is 1.75. The van der Waals surface area contributed by atoms with Crippen molar-refractivity contribution in [3.63, 3.8) is 0 Å². The van der Waals surface area contributed by atoms with Crippen LogP contribution in [-0.2, 0) is 11.2 Å². The number of hydrogen-bond acceptors (Lipinski definition) is 2. The summed E-state index contributed by atoms with van der Waals surface area (Å²) in [5, 5.41) is 3.41. The molecule has 0 aliphatic carbocycles. The second kappa shape index (κ2) is 8.20. The van der Waals surface area contributed by atoms with E-state index in [1.165, 1.54) is 0 Å². The molecule has 5 nitrogen and oxygen atoms in total. The second-order valence-corrected chi connectivity index (χ2v) is 6.47. The second-order valence-electron chi connectivity index (χ2n) is 6.04. The fraction of sp³-hybridized carbons (Fsp3) is 0.529. The molecule has 1 aliphatic rings. The Morgan fingerprint density at radius 2 is 1.87 bits per heavy atom. The minimum absolute atomic E-state index is 0.00500. The van der Waals surface area contributed by atoms with E-state index in [1.54, 1.807) is 16.8 Å². The maximum absolute atomic E-state index is 12.2. The number of amides is 3. The van der Waals surface area contributed by atoms with Crippen molar-refractivity contribution in [3.8, 4) is 0 Å². The van der Waals surface area contributed by atoms with Crippen LogP contribution >= 0.6 is 11.6 Å². The molecule has 0 radical (unpaired) electrons. The van der Waals surface area contributed by atoms with E-state index in [1.807, 2.05) is 31.2 Å². The van der Waals surface area contributed by atoms with Crippen LogP contribution < -0.4 is 5.32 Å². The Hall–Kier alpha value is -1.75. The average molecular weight is 338 g/mol. The van der Waals surface area contributed by atoms with E-state index in [9.17, 15) is 9.59 Å². The molecule has 0 unspecified atom stereocenters. The van der Waals surface area contributed by atoms with Crippen LogP contribution in [0.3, 0.4) is 0 Å². The third-order valence-electron chi connectivity index (χ3n) is 4.28. The van der Waals surface area contributed by atoms with Gasteiger partial charge in [0.25, 0.3) is 0 Å². The van der Waals surface area contributed by atoms with Crippen molar-refractivity contribution in [2.45, 2.75) is 32.2 Å². The van der Waals surface area contributed by atoms with Crippen LogP contribution in [0.4, 0.5) is 4.79 Å². The molecule has 1 N–H and O–H groups in total. The van der Waals surface area contributed by atoms with Crippen molar-refractivity contribution >= 4 is 23.5 Å². The zero-order chi connectivity index (χ0) is 16.8. The highest BCUT2D eigenvalue weighted by Gasteiger charge is 2.20. The van der Waals surface area contributed by atoms with Crippen LogP contribution in [0.2, 0.25) is 5.02 Å². The molecule has 0 spiro atoms. The van der Waals surface area contributed by atoms with Gasteiger partial charge in [0, 0.05) is 31.2 Å². The van der Waals surface area contributed by atoms with E-state index in [4.69, 9.17) is 11.6 Å². The van der Waals surface area contributed by atoms with Gasteiger partial charge in [-0.15, -0.1) is 0 Å². The molecule has 23 heavy (non-hydrogen) atoms. The number of benzene rings is 1. The number of urea groups is 1. The van der Waals surface area contributed by atoms with Crippen molar-refractivity contribution < 1.29 is 9.59 Å². The molecule has 1 aliphatic heterocycles. The standard InChI is InChI=1S/C17H24ClN3O2/c1-13(11-14-5-7-15(18)8-6-14)20(2)17(23)19-12-16(22)21-9-3-4-10-21/h5-8,13H,3-4,9-12H2,1-2H3,(H,19,23)/t13-/m0/s1. The van der Waals surface area contributed by atoms with Crippen molar-refractivity contribution in [1.82, 2.24) is 15.1 Å². The fourth-order valence-electron chi connectivity index (χ4n) is 2.65. The Kier molecular flexibility index (Phi) is 6.28. The largest absolute Gasteiger partial charge is 0.341 e. The highest BCUT2D eigenvalue weighted by atomic mass is 35.5. The van der Waals surface area contributed by atoms with Gasteiger partial charge in [-0.1, -0.05) is 23.7 Å². The third kappa shape index (κ3) is 5.13. The normalized spacial score (nSPS) is 15.3. The van der Waals surface area contributed by atoms with Crippen LogP contribution in [0, 0.1) is 0 Å². The van der Waals surface area contributed by atoms with Crippen molar-refractivity contribution in [1.29, 1.82) is 0 Å². The van der Waals surface area contributed by atoms with Gasteiger partial charge in [0.1, 0.15) is 0 Å². The van der Waals surface area contributed by atoms with E-state index in [-0.39, 0.29) is 24.5 Å². The van der Waals surface area contributed by atoms with E-state index in [2.05, 4.69) is 5.32 Å². The number of carbonyl (C=O) groups is 2. The van der Waals surface area contributed by atoms with Crippen molar-refractivity contribution in [3.05, 3.63) is 34.9 Å². The Bertz CT molecular complexity index is 541. The summed E-state index contributed by atoms with van der Waals surface area (Å²) in [6.45, 7) is 3.66. The minimum atomic E-state index is -0.223. The van der Waals surface area contributed by atoms with E-state index < -0.39 is 0 Å². The molecule has 6 heteroatoms. The molecule has 2 rings (SSSR count). The molecular weight excluding hydrogens is 314 g/mol. The lowest BCUT2D eigenvalue weighted by atomic mass is 10.1. The van der Waals surface area contributed by atoms with Crippen LogP contribution in [0.15, 0.2) is 24.3 Å². The van der Waals surface area contributed by atoms with Gasteiger partial charge < -0.3 is 15.1 Å². The molecule has 126 valence electrons. The molecule has 1 atom stereocenters. The number of rotatable bonds is 5. The smallest absolute Gasteiger partial charge is 0.317 e. The minimum Gasteiger partial charge on any atom is -0.341 e. The summed E-state index contributed by atoms with van der Waals surface area (Å²) < 4.78 is 0. The maximum Gasteiger partial charge on any atom is 0.317 e. The lowest BCUT2D eigenvalue weighted by Crippen LogP contribution is -2.46. The Labute approximate surface area is 142 Å². The topological polar surface area (TPSA) is 52.7 Å². The zero-order valence-corrected chi connectivity index (χ0v) is 14.5. The lowest BCUT2D eigenvalue weighted by Gasteiger charge is -2.26. The van der Waals surface area contributed by atoms with Gasteiger partial charge in [0.15, 0.2) is 0 Å². The monoisotopic (exact) mass is 337 g/mol. The van der Waals surface area contributed by atoms with Crippen LogP contribution in [-0.4, -0.2) is 54.5 Å². The highest BCUT2D eigenvalue weighted by molar-refractivity contribution is 6.30. The number of nitrogens with one attached hydrogen (secondary N) is 1. The third-order valence-corrected chi connectivity index (χ3v) is 4.53. The maximum atomic E-state index is 12.2. The number of likely N-dealkylation sites (tertiary alicyclic amines) is 1. The van der Waals surface area contributed by atoms with Gasteiger partial charge in [-0.2, -0.15) is 0 Å². The predicted octanol–water partition coefficient (Wildman–Crippen LogP) is 2.53. The van der Waals surface area contributed by atoms with Crippen LogP contribution in [0.25, 0.3) is 0 Å². The van der Waals surface area contributed by atoms with Crippen molar-refractivity contribution in [2.75, 3.05) is 26.7 Å². The molecule has 0 saturated carbocycles. The molecule has 1 heterocycles. The summed E-state index contributed by atoms with van der Waals surface area (Å²) >= 11 is 5.88. The molecular formula is C17H24ClN3O2. The molecule has 1 saturated heterocycles. The first-order valence-corrected chi connectivity index (χ1v) is 8.38. The van der Waals surface area contributed by atoms with Crippen molar-refractivity contribution in [2.24, 2.45) is 0 Å². The summed E-state index contributed by atoms with van der Waals surface area (Å²) in [6, 6.07) is 7.41. The van der Waals surface area contributed by atoms with Crippen LogP contribution in [0.5, 0.6) is 0 Å². The van der Waals surface area contributed by atoms with E-state index in [0.29, 0.717) is 5.02 Å². The Morgan fingerprint density at radius 3 is 2.48 bits per heavy atom. The summed E-state index contributed by atoms with van der Waals surface area (Å²) in [5.74, 6) is -0.00500. The first-order valence-electron chi connectivity index (χ1n) is 8.00. The molecule has 1 aromatic rings. The van der Waals surface area contributed by atoms with E-state index >= 15 is 0 Å². The Morgan fingerprint density at radius 1 is 1.26 bits per heavy atom. The quantitative estimate of drug-likeness (QED) is 0.897. The summed E-state index contributed by atoms with van der Waals surface area (Å²) in [6.07, 6.45) is 2.84. The average Bonchev–Trinajstić information content (AvgIpc) is 3.08. The predicted molar refractivity (Wildman–Crippen MR) is 91.6 cm³/mol. The van der Waals surface area contributed by atoms with Gasteiger partial charge in [0.2, 0.25) is 5.91 Å².